The van der Waals surface area contributed by atoms with Gasteiger partial charge in [-0.3, -0.25) is 4.79 Å². The SMILES string of the molecule is C=C1CC[C@H]2[C@H](CO)[C@@H]([C@@]3(C)CC4CC[C@H]3C(=O)O4)CC[C@]12C. The Balaban J connectivity index is 1.67. The zero-order valence-electron chi connectivity index (χ0n) is 14.5. The van der Waals surface area contributed by atoms with Crippen LogP contribution in [0.3, 0.4) is 0 Å². The van der Waals surface area contributed by atoms with E-state index in [9.17, 15) is 9.90 Å². The van der Waals surface area contributed by atoms with Gasteiger partial charge < -0.3 is 9.84 Å². The summed E-state index contributed by atoms with van der Waals surface area (Å²) in [5, 5.41) is 10.2. The number of ether oxygens (including phenoxy) is 1. The molecule has 2 saturated heterocycles. The third-order valence-corrected chi connectivity index (χ3v) is 8.26. The van der Waals surface area contributed by atoms with E-state index in [0.717, 1.165) is 38.5 Å². The second kappa shape index (κ2) is 5.08. The number of carbonyl (C=O) groups is 1. The molecule has 7 atom stereocenters. The Morgan fingerprint density at radius 3 is 2.65 bits per heavy atom. The predicted molar refractivity (Wildman–Crippen MR) is 88.6 cm³/mol. The molecule has 1 N–H and O–H groups in total. The molecule has 1 unspecified atom stereocenters. The summed E-state index contributed by atoms with van der Waals surface area (Å²) in [6, 6.07) is 0. The van der Waals surface area contributed by atoms with E-state index in [0.29, 0.717) is 17.8 Å². The summed E-state index contributed by atoms with van der Waals surface area (Å²) in [4.78, 5) is 12.4. The predicted octanol–water partition coefficient (Wildman–Crippen LogP) is 3.71. The van der Waals surface area contributed by atoms with E-state index in [1.807, 2.05) is 0 Å². The molecule has 3 nitrogen and oxygen atoms in total. The van der Waals surface area contributed by atoms with Crippen molar-refractivity contribution in [3.8, 4) is 0 Å². The number of rotatable bonds is 2. The minimum Gasteiger partial charge on any atom is -0.462 e. The molecule has 2 aliphatic heterocycles. The number of fused-ring (bicyclic) bond motifs is 4. The van der Waals surface area contributed by atoms with Crippen LogP contribution in [0.25, 0.3) is 0 Å². The summed E-state index contributed by atoms with van der Waals surface area (Å²) in [7, 11) is 0. The molecule has 5 rings (SSSR count). The van der Waals surface area contributed by atoms with Crippen LogP contribution < -0.4 is 0 Å². The van der Waals surface area contributed by atoms with Gasteiger partial charge in [-0.1, -0.05) is 26.0 Å². The van der Waals surface area contributed by atoms with Crippen molar-refractivity contribution in [2.45, 2.75) is 64.9 Å². The van der Waals surface area contributed by atoms with Crippen LogP contribution >= 0.6 is 0 Å². The number of aliphatic hydroxyl groups excluding tert-OH is 1. The minimum absolute atomic E-state index is 0.0108. The fourth-order valence-electron chi connectivity index (χ4n) is 6.83. The highest BCUT2D eigenvalue weighted by atomic mass is 16.5. The Labute approximate surface area is 139 Å². The van der Waals surface area contributed by atoms with E-state index in [1.165, 1.54) is 12.0 Å². The van der Waals surface area contributed by atoms with Crippen LogP contribution in [0.4, 0.5) is 0 Å². The molecule has 2 heterocycles. The van der Waals surface area contributed by atoms with E-state index in [2.05, 4.69) is 20.4 Å². The Hall–Kier alpha value is -0.830. The number of esters is 1. The highest BCUT2D eigenvalue weighted by Crippen LogP contribution is 2.64. The molecule has 0 aromatic carbocycles. The van der Waals surface area contributed by atoms with Gasteiger partial charge in [0.2, 0.25) is 0 Å². The van der Waals surface area contributed by atoms with Gasteiger partial charge in [-0.25, -0.2) is 0 Å². The van der Waals surface area contributed by atoms with E-state index < -0.39 is 0 Å². The van der Waals surface area contributed by atoms with Crippen LogP contribution in [-0.2, 0) is 9.53 Å². The van der Waals surface area contributed by atoms with Gasteiger partial charge in [0, 0.05) is 6.61 Å². The smallest absolute Gasteiger partial charge is 0.309 e. The first-order valence-electron chi connectivity index (χ1n) is 9.40. The van der Waals surface area contributed by atoms with Gasteiger partial charge in [0.25, 0.3) is 0 Å². The lowest BCUT2D eigenvalue weighted by atomic mass is 9.48. The normalized spacial score (nSPS) is 52.4. The van der Waals surface area contributed by atoms with Gasteiger partial charge in [-0.2, -0.15) is 0 Å². The minimum atomic E-state index is 0.0108. The Morgan fingerprint density at radius 2 is 2.00 bits per heavy atom. The average molecular weight is 318 g/mol. The highest BCUT2D eigenvalue weighted by molar-refractivity contribution is 5.75. The zero-order chi connectivity index (χ0) is 16.4. The molecular weight excluding hydrogens is 288 g/mol. The summed E-state index contributed by atoms with van der Waals surface area (Å²) < 4.78 is 5.55. The first-order valence-corrected chi connectivity index (χ1v) is 9.40. The maximum atomic E-state index is 12.4. The quantitative estimate of drug-likeness (QED) is 0.623. The summed E-state index contributed by atoms with van der Waals surface area (Å²) in [6.45, 7) is 9.24. The van der Waals surface area contributed by atoms with Crippen molar-refractivity contribution >= 4 is 5.97 Å². The lowest BCUT2D eigenvalue weighted by Crippen LogP contribution is -2.57. The van der Waals surface area contributed by atoms with E-state index in [1.54, 1.807) is 0 Å². The van der Waals surface area contributed by atoms with Gasteiger partial charge in [0.05, 0.1) is 5.92 Å². The molecular formula is C20H30O3. The van der Waals surface area contributed by atoms with Crippen LogP contribution in [0.5, 0.6) is 0 Å². The van der Waals surface area contributed by atoms with Crippen molar-refractivity contribution in [3.63, 3.8) is 0 Å². The zero-order valence-corrected chi connectivity index (χ0v) is 14.5. The van der Waals surface area contributed by atoms with Crippen LogP contribution in [-0.4, -0.2) is 23.8 Å². The number of aliphatic hydroxyl groups is 1. The highest BCUT2D eigenvalue weighted by Gasteiger charge is 2.60. The lowest BCUT2D eigenvalue weighted by molar-refractivity contribution is -0.197. The van der Waals surface area contributed by atoms with Crippen molar-refractivity contribution in [2.75, 3.05) is 6.61 Å². The van der Waals surface area contributed by atoms with Crippen molar-refractivity contribution < 1.29 is 14.6 Å². The largest absolute Gasteiger partial charge is 0.462 e. The Bertz CT molecular complexity index is 541. The third kappa shape index (κ3) is 2.01. The molecule has 3 saturated carbocycles. The fraction of sp³-hybridized carbons (Fsp3) is 0.850. The van der Waals surface area contributed by atoms with E-state index >= 15 is 0 Å². The molecule has 2 bridgehead atoms. The fourth-order valence-corrected chi connectivity index (χ4v) is 6.83. The molecule has 0 spiro atoms. The first-order chi connectivity index (χ1) is 10.9. The molecule has 128 valence electrons. The van der Waals surface area contributed by atoms with Crippen LogP contribution in [0.2, 0.25) is 0 Å². The van der Waals surface area contributed by atoms with Crippen LogP contribution in [0.1, 0.15) is 58.8 Å². The Morgan fingerprint density at radius 1 is 1.22 bits per heavy atom. The number of hydrogen-bond acceptors (Lipinski definition) is 3. The average Bonchev–Trinajstić information content (AvgIpc) is 2.82. The van der Waals surface area contributed by atoms with Crippen LogP contribution in [0.15, 0.2) is 12.2 Å². The summed E-state index contributed by atoms with van der Waals surface area (Å²) >= 11 is 0. The summed E-state index contributed by atoms with van der Waals surface area (Å²) in [5.41, 5.74) is 1.60. The first kappa shape index (κ1) is 15.7. The maximum absolute atomic E-state index is 12.4. The molecule has 0 aromatic heterocycles. The van der Waals surface area contributed by atoms with Gasteiger partial charge >= 0.3 is 5.97 Å². The van der Waals surface area contributed by atoms with E-state index in [-0.39, 0.29) is 35.4 Å². The monoisotopic (exact) mass is 318 g/mol. The maximum Gasteiger partial charge on any atom is 0.309 e. The standard InChI is InChI=1S/C20H30O3/c1-12-4-6-15-14(11-21)16(8-9-19(12,15)2)20(3)10-13-5-7-17(20)18(22)23-13/h13-17,21H,1,4-11H2,2-3H3/t13?,14-,15-,16-,17-,19+,20+/m0/s1. The summed E-state index contributed by atoms with van der Waals surface area (Å²) in [6.07, 6.45) is 7.66. The molecule has 5 aliphatic rings. The second-order valence-corrected chi connectivity index (χ2v) is 9.06. The number of allylic oxidation sites excluding steroid dienone is 1. The van der Waals surface area contributed by atoms with Crippen molar-refractivity contribution in [1.29, 1.82) is 0 Å². The molecule has 3 heteroatoms. The molecule has 5 fully saturated rings. The van der Waals surface area contributed by atoms with Crippen molar-refractivity contribution in [3.05, 3.63) is 12.2 Å². The van der Waals surface area contributed by atoms with Gasteiger partial charge in [-0.15, -0.1) is 0 Å². The van der Waals surface area contributed by atoms with Crippen molar-refractivity contribution in [1.82, 2.24) is 0 Å². The number of hydrogen-bond donors (Lipinski definition) is 1. The molecule has 3 aliphatic carbocycles. The van der Waals surface area contributed by atoms with E-state index in [4.69, 9.17) is 4.74 Å². The second-order valence-electron chi connectivity index (χ2n) is 9.06. The topological polar surface area (TPSA) is 46.5 Å². The molecule has 0 radical (unpaired) electrons. The summed E-state index contributed by atoms with van der Waals surface area (Å²) in [5.74, 6) is 1.35. The molecule has 23 heavy (non-hydrogen) atoms. The van der Waals surface area contributed by atoms with Crippen molar-refractivity contribution in [2.24, 2.45) is 34.5 Å². The molecule has 0 aromatic rings. The third-order valence-electron chi connectivity index (χ3n) is 8.26. The van der Waals surface area contributed by atoms with Gasteiger partial charge in [-0.05, 0) is 73.5 Å². The van der Waals surface area contributed by atoms with Gasteiger partial charge in [0.1, 0.15) is 6.10 Å². The number of carbonyl (C=O) groups excluding carboxylic acids is 1. The van der Waals surface area contributed by atoms with Gasteiger partial charge in [0.15, 0.2) is 0 Å². The van der Waals surface area contributed by atoms with Crippen LogP contribution in [0, 0.1) is 34.5 Å². The molecule has 0 amide bonds. The Kier molecular flexibility index (Phi) is 3.46. The lowest BCUT2D eigenvalue weighted by Gasteiger charge is -2.58.